The first-order valence-electron chi connectivity index (χ1n) is 5.61. The van der Waals surface area contributed by atoms with E-state index < -0.39 is 0 Å². The standard InChI is InChI=1S/C14H16N2/c1-2-5-14(15)16-13-9-8-11-6-3-4-7-12(11)10-13/h3-4,6-10H,2,5H2,1H3,(H2,15,16). The molecule has 82 valence electrons. The van der Waals surface area contributed by atoms with Crippen molar-refractivity contribution in [1.29, 1.82) is 0 Å². The quantitative estimate of drug-likeness (QED) is 0.612. The summed E-state index contributed by atoms with van der Waals surface area (Å²) in [6, 6.07) is 14.4. The minimum Gasteiger partial charge on any atom is -0.387 e. The van der Waals surface area contributed by atoms with Crippen LogP contribution < -0.4 is 5.73 Å². The molecule has 0 atom stereocenters. The van der Waals surface area contributed by atoms with Crippen molar-refractivity contribution >= 4 is 22.3 Å². The molecule has 0 bridgehead atoms. The van der Waals surface area contributed by atoms with Crippen LogP contribution in [0, 0.1) is 0 Å². The SMILES string of the molecule is CCCC(N)=Nc1ccc2ccccc2c1. The van der Waals surface area contributed by atoms with Gasteiger partial charge in [-0.2, -0.15) is 0 Å². The lowest BCUT2D eigenvalue weighted by Gasteiger charge is -2.01. The second-order valence-electron chi connectivity index (χ2n) is 3.88. The number of amidine groups is 1. The van der Waals surface area contributed by atoms with Gasteiger partial charge in [0.1, 0.15) is 0 Å². The van der Waals surface area contributed by atoms with Crippen LogP contribution in [-0.4, -0.2) is 5.84 Å². The second kappa shape index (κ2) is 4.79. The third-order valence-electron chi connectivity index (χ3n) is 2.51. The summed E-state index contributed by atoms with van der Waals surface area (Å²) in [5.41, 5.74) is 6.75. The summed E-state index contributed by atoms with van der Waals surface area (Å²) < 4.78 is 0. The molecule has 2 aromatic rings. The predicted molar refractivity (Wildman–Crippen MR) is 70.1 cm³/mol. The van der Waals surface area contributed by atoms with Crippen LogP contribution in [0.2, 0.25) is 0 Å². The third-order valence-corrected chi connectivity index (χ3v) is 2.51. The first-order valence-corrected chi connectivity index (χ1v) is 5.61. The van der Waals surface area contributed by atoms with Crippen LogP contribution in [0.5, 0.6) is 0 Å². The van der Waals surface area contributed by atoms with Crippen molar-refractivity contribution in [3.63, 3.8) is 0 Å². The zero-order valence-corrected chi connectivity index (χ0v) is 9.48. The molecule has 0 aliphatic heterocycles. The molecule has 16 heavy (non-hydrogen) atoms. The summed E-state index contributed by atoms with van der Waals surface area (Å²) in [5, 5.41) is 2.43. The topological polar surface area (TPSA) is 38.4 Å². The molecule has 0 spiro atoms. The minimum atomic E-state index is 0.706. The van der Waals surface area contributed by atoms with E-state index in [0.717, 1.165) is 18.5 Å². The lowest BCUT2D eigenvalue weighted by molar-refractivity contribution is 0.983. The van der Waals surface area contributed by atoms with Gasteiger partial charge in [0.25, 0.3) is 0 Å². The number of nitrogens with two attached hydrogens (primary N) is 1. The molecule has 2 N–H and O–H groups in total. The Morgan fingerprint density at radius 2 is 1.88 bits per heavy atom. The number of rotatable bonds is 3. The average Bonchev–Trinajstić information content (AvgIpc) is 2.29. The van der Waals surface area contributed by atoms with Gasteiger partial charge >= 0.3 is 0 Å². The van der Waals surface area contributed by atoms with Crippen molar-refractivity contribution in [2.24, 2.45) is 10.7 Å². The molecule has 0 aliphatic carbocycles. The number of hydrogen-bond acceptors (Lipinski definition) is 1. The first kappa shape index (κ1) is 10.7. The number of aliphatic imine (C=N–C) groups is 1. The summed E-state index contributed by atoms with van der Waals surface area (Å²) in [5.74, 6) is 0.706. The number of nitrogens with zero attached hydrogens (tertiary/aromatic N) is 1. The predicted octanol–water partition coefficient (Wildman–Crippen LogP) is 3.63. The molecule has 0 fully saturated rings. The molecule has 2 rings (SSSR count). The largest absolute Gasteiger partial charge is 0.387 e. The van der Waals surface area contributed by atoms with Crippen molar-refractivity contribution in [3.05, 3.63) is 42.5 Å². The molecule has 2 heteroatoms. The van der Waals surface area contributed by atoms with Crippen molar-refractivity contribution in [2.75, 3.05) is 0 Å². The lowest BCUT2D eigenvalue weighted by Crippen LogP contribution is -2.09. The van der Waals surface area contributed by atoms with E-state index in [1.54, 1.807) is 0 Å². The normalized spacial score (nSPS) is 11.9. The molecule has 0 heterocycles. The maximum Gasteiger partial charge on any atom is 0.0996 e. The van der Waals surface area contributed by atoms with Gasteiger partial charge in [-0.3, -0.25) is 0 Å². The van der Waals surface area contributed by atoms with E-state index in [1.165, 1.54) is 10.8 Å². The van der Waals surface area contributed by atoms with E-state index in [1.807, 2.05) is 18.2 Å². The average molecular weight is 212 g/mol. The van der Waals surface area contributed by atoms with Crippen molar-refractivity contribution in [3.8, 4) is 0 Å². The molecular formula is C14H16N2. The first-order chi connectivity index (χ1) is 7.79. The number of hydrogen-bond donors (Lipinski definition) is 1. The van der Waals surface area contributed by atoms with Crippen LogP contribution in [0.25, 0.3) is 10.8 Å². The summed E-state index contributed by atoms with van der Waals surface area (Å²) in [4.78, 5) is 4.39. The van der Waals surface area contributed by atoms with Gasteiger partial charge in [-0.05, 0) is 29.3 Å². The molecule has 0 radical (unpaired) electrons. The maximum absolute atomic E-state index is 5.81. The summed E-state index contributed by atoms with van der Waals surface area (Å²) in [6.45, 7) is 2.10. The highest BCUT2D eigenvalue weighted by atomic mass is 14.8. The summed E-state index contributed by atoms with van der Waals surface area (Å²) in [7, 11) is 0. The van der Waals surface area contributed by atoms with Crippen LogP contribution >= 0.6 is 0 Å². The fraction of sp³-hybridized carbons (Fsp3) is 0.214. The summed E-state index contributed by atoms with van der Waals surface area (Å²) in [6.07, 6.45) is 1.88. The van der Waals surface area contributed by atoms with Gasteiger partial charge < -0.3 is 5.73 Å². The zero-order valence-electron chi connectivity index (χ0n) is 9.48. The van der Waals surface area contributed by atoms with Gasteiger partial charge in [0, 0.05) is 6.42 Å². The molecule has 2 nitrogen and oxygen atoms in total. The van der Waals surface area contributed by atoms with Gasteiger partial charge in [-0.15, -0.1) is 0 Å². The monoisotopic (exact) mass is 212 g/mol. The Hall–Kier alpha value is -1.83. The summed E-state index contributed by atoms with van der Waals surface area (Å²) >= 11 is 0. The van der Waals surface area contributed by atoms with Crippen LogP contribution in [0.1, 0.15) is 19.8 Å². The Bertz CT molecular complexity index is 515. The van der Waals surface area contributed by atoms with Crippen LogP contribution in [-0.2, 0) is 0 Å². The molecule has 0 amide bonds. The van der Waals surface area contributed by atoms with Crippen molar-refractivity contribution < 1.29 is 0 Å². The lowest BCUT2D eigenvalue weighted by atomic mass is 10.1. The van der Waals surface area contributed by atoms with E-state index in [2.05, 4.69) is 36.2 Å². The van der Waals surface area contributed by atoms with Crippen molar-refractivity contribution in [1.82, 2.24) is 0 Å². The molecular weight excluding hydrogens is 196 g/mol. The highest BCUT2D eigenvalue weighted by Gasteiger charge is 1.95. The second-order valence-corrected chi connectivity index (χ2v) is 3.88. The smallest absolute Gasteiger partial charge is 0.0996 e. The van der Waals surface area contributed by atoms with Gasteiger partial charge in [-0.25, -0.2) is 4.99 Å². The Morgan fingerprint density at radius 3 is 2.62 bits per heavy atom. The van der Waals surface area contributed by atoms with E-state index in [9.17, 15) is 0 Å². The highest BCUT2D eigenvalue weighted by molar-refractivity contribution is 5.88. The molecule has 0 saturated carbocycles. The van der Waals surface area contributed by atoms with Crippen LogP contribution in [0.4, 0.5) is 5.69 Å². The van der Waals surface area contributed by atoms with E-state index in [4.69, 9.17) is 5.73 Å². The molecule has 2 aromatic carbocycles. The van der Waals surface area contributed by atoms with E-state index in [0.29, 0.717) is 5.84 Å². The Labute approximate surface area is 95.8 Å². The van der Waals surface area contributed by atoms with Gasteiger partial charge in [-0.1, -0.05) is 37.3 Å². The maximum atomic E-state index is 5.81. The fourth-order valence-electron chi connectivity index (χ4n) is 1.72. The molecule has 0 saturated heterocycles. The van der Waals surface area contributed by atoms with Gasteiger partial charge in [0.15, 0.2) is 0 Å². The van der Waals surface area contributed by atoms with Gasteiger partial charge in [0.2, 0.25) is 0 Å². The third kappa shape index (κ3) is 2.40. The highest BCUT2D eigenvalue weighted by Crippen LogP contribution is 2.21. The molecule has 0 unspecified atom stereocenters. The van der Waals surface area contributed by atoms with Crippen molar-refractivity contribution in [2.45, 2.75) is 19.8 Å². The number of benzene rings is 2. The Morgan fingerprint density at radius 1 is 1.12 bits per heavy atom. The van der Waals surface area contributed by atoms with Gasteiger partial charge in [0.05, 0.1) is 11.5 Å². The van der Waals surface area contributed by atoms with Crippen LogP contribution in [0.3, 0.4) is 0 Å². The fourth-order valence-corrected chi connectivity index (χ4v) is 1.72. The molecule has 0 aliphatic rings. The Balaban J connectivity index is 2.36. The number of fused-ring (bicyclic) bond motifs is 1. The zero-order chi connectivity index (χ0) is 11.4. The molecule has 0 aromatic heterocycles. The van der Waals surface area contributed by atoms with E-state index >= 15 is 0 Å². The Kier molecular flexibility index (Phi) is 3.20. The minimum absolute atomic E-state index is 0.706. The van der Waals surface area contributed by atoms with Crippen LogP contribution in [0.15, 0.2) is 47.5 Å². The van der Waals surface area contributed by atoms with E-state index in [-0.39, 0.29) is 0 Å².